The minimum atomic E-state index is -1.63. The van der Waals surface area contributed by atoms with E-state index < -0.39 is 61.5 Å². The van der Waals surface area contributed by atoms with Crippen LogP contribution in [0.1, 0.15) is 23.3 Å². The number of hydrogen-bond acceptors (Lipinski definition) is 12. The Hall–Kier alpha value is -2.68. The van der Waals surface area contributed by atoms with Gasteiger partial charge in [-0.25, -0.2) is 0 Å². The summed E-state index contributed by atoms with van der Waals surface area (Å²) in [5, 5.41) is 60.9. The van der Waals surface area contributed by atoms with E-state index >= 15 is 0 Å². The van der Waals surface area contributed by atoms with Crippen LogP contribution in [-0.4, -0.2) is 102 Å². The average Bonchev–Trinajstić information content (AvgIpc) is 3.33. The summed E-state index contributed by atoms with van der Waals surface area (Å²) in [6.07, 6.45) is -9.62. The topological polar surface area (TPSA) is 177 Å². The number of hydrogen-bond donors (Lipinski definition) is 6. The lowest BCUT2D eigenvalue weighted by Crippen LogP contribution is -2.60. The second-order valence-electron chi connectivity index (χ2n) is 9.23. The van der Waals surface area contributed by atoms with Crippen LogP contribution in [0.15, 0.2) is 36.4 Å². The van der Waals surface area contributed by atoms with Crippen molar-refractivity contribution in [1.29, 1.82) is 0 Å². The van der Waals surface area contributed by atoms with Crippen molar-refractivity contribution in [1.82, 2.24) is 0 Å². The van der Waals surface area contributed by atoms with E-state index in [-0.39, 0.29) is 29.6 Å². The number of aromatic hydroxyl groups is 2. The highest BCUT2D eigenvalue weighted by molar-refractivity contribution is 5.44. The molecule has 0 radical (unpaired) electrons. The molecular weight excluding hydrogens is 504 g/mol. The summed E-state index contributed by atoms with van der Waals surface area (Å²) in [6.45, 7) is -0.473. The van der Waals surface area contributed by atoms with Gasteiger partial charge in [0.25, 0.3) is 0 Å². The van der Waals surface area contributed by atoms with Crippen molar-refractivity contribution in [3.63, 3.8) is 0 Å². The molecule has 0 bridgehead atoms. The number of phenols is 2. The van der Waals surface area contributed by atoms with Gasteiger partial charge in [-0.05, 0) is 35.4 Å². The number of ether oxygens (including phenoxy) is 6. The number of rotatable bonds is 9. The highest BCUT2D eigenvalue weighted by atomic mass is 16.7. The molecule has 2 aliphatic heterocycles. The van der Waals surface area contributed by atoms with Gasteiger partial charge in [0.2, 0.25) is 0 Å². The summed E-state index contributed by atoms with van der Waals surface area (Å²) >= 11 is 0. The lowest BCUT2D eigenvalue weighted by Gasteiger charge is -2.42. The molecule has 12 heteroatoms. The standard InChI is InChI=1S/C26H34O12/c1-33-17-8-12(4-6-15(17)28)23(35-3)14-11-36-24(13-5-7-16(29)18(9-13)34-2)25(14)38-26-22(32)21(31)20(30)19(10-27)37-26/h4-9,14,19-32H,10-11H2,1-3H3/t14-,19+,20+,21-,22+,23+,24-,25+,26-/m0/s1. The molecule has 0 spiro atoms. The molecule has 2 heterocycles. The quantitative estimate of drug-likeness (QED) is 0.259. The third-order valence-corrected chi connectivity index (χ3v) is 7.04. The van der Waals surface area contributed by atoms with Crippen molar-refractivity contribution >= 4 is 0 Å². The molecule has 2 aromatic carbocycles. The Morgan fingerprint density at radius 2 is 1.55 bits per heavy atom. The zero-order valence-electron chi connectivity index (χ0n) is 21.2. The van der Waals surface area contributed by atoms with Crippen LogP contribution in [0.4, 0.5) is 0 Å². The van der Waals surface area contributed by atoms with E-state index in [0.717, 1.165) is 0 Å². The first-order valence-corrected chi connectivity index (χ1v) is 12.1. The van der Waals surface area contributed by atoms with Crippen LogP contribution in [0.5, 0.6) is 23.0 Å². The van der Waals surface area contributed by atoms with E-state index in [2.05, 4.69) is 0 Å². The summed E-state index contributed by atoms with van der Waals surface area (Å²) in [5.41, 5.74) is 1.25. The molecule has 0 amide bonds. The minimum absolute atomic E-state index is 0.0445. The van der Waals surface area contributed by atoms with Crippen LogP contribution in [0.3, 0.4) is 0 Å². The van der Waals surface area contributed by atoms with Crippen molar-refractivity contribution in [2.75, 3.05) is 34.5 Å². The van der Waals surface area contributed by atoms with Crippen LogP contribution in [0, 0.1) is 5.92 Å². The number of aliphatic hydroxyl groups excluding tert-OH is 4. The first kappa shape index (κ1) is 28.3. The molecule has 4 rings (SSSR count). The van der Waals surface area contributed by atoms with E-state index in [1.807, 2.05) is 0 Å². The number of benzene rings is 2. The van der Waals surface area contributed by atoms with Crippen LogP contribution >= 0.6 is 0 Å². The van der Waals surface area contributed by atoms with Crippen LogP contribution < -0.4 is 9.47 Å². The van der Waals surface area contributed by atoms with Crippen molar-refractivity contribution in [3.8, 4) is 23.0 Å². The van der Waals surface area contributed by atoms with Gasteiger partial charge >= 0.3 is 0 Å². The normalized spacial score (nSPS) is 32.2. The number of phenolic OH excluding ortho intramolecular Hbond substituents is 2. The molecule has 0 saturated carbocycles. The first-order chi connectivity index (χ1) is 18.2. The molecule has 6 N–H and O–H groups in total. The number of methoxy groups -OCH3 is 3. The molecule has 0 unspecified atom stereocenters. The Bertz CT molecular complexity index is 1080. The summed E-state index contributed by atoms with van der Waals surface area (Å²) in [5.74, 6) is -0.158. The highest BCUT2D eigenvalue weighted by Crippen LogP contribution is 2.46. The largest absolute Gasteiger partial charge is 0.504 e. The molecule has 2 aromatic rings. The number of aliphatic hydroxyl groups is 4. The summed E-state index contributed by atoms with van der Waals surface area (Å²) < 4.78 is 34.3. The Morgan fingerprint density at radius 1 is 0.895 bits per heavy atom. The molecule has 2 saturated heterocycles. The molecule has 9 atom stereocenters. The third-order valence-electron chi connectivity index (χ3n) is 7.04. The molecule has 0 aromatic heterocycles. The third kappa shape index (κ3) is 5.40. The van der Waals surface area contributed by atoms with Crippen LogP contribution in [0.2, 0.25) is 0 Å². The monoisotopic (exact) mass is 538 g/mol. The van der Waals surface area contributed by atoms with Gasteiger partial charge in [0.1, 0.15) is 30.5 Å². The van der Waals surface area contributed by atoms with Gasteiger partial charge in [-0.1, -0.05) is 12.1 Å². The molecule has 210 valence electrons. The van der Waals surface area contributed by atoms with Gasteiger partial charge in [-0.15, -0.1) is 0 Å². The predicted molar refractivity (Wildman–Crippen MR) is 130 cm³/mol. The van der Waals surface area contributed by atoms with Gasteiger partial charge < -0.3 is 59.1 Å². The van der Waals surface area contributed by atoms with Crippen molar-refractivity contribution in [2.24, 2.45) is 5.92 Å². The Kier molecular flexibility index (Phi) is 8.96. The fraction of sp³-hybridized carbons (Fsp3) is 0.538. The fourth-order valence-corrected chi connectivity index (χ4v) is 4.98. The Balaban J connectivity index is 1.71. The van der Waals surface area contributed by atoms with Gasteiger partial charge in [-0.2, -0.15) is 0 Å². The van der Waals surface area contributed by atoms with E-state index in [0.29, 0.717) is 11.1 Å². The van der Waals surface area contributed by atoms with Gasteiger partial charge in [-0.3, -0.25) is 0 Å². The lowest BCUT2D eigenvalue weighted by atomic mass is 9.88. The first-order valence-electron chi connectivity index (χ1n) is 12.1. The summed E-state index contributed by atoms with van der Waals surface area (Å²) in [7, 11) is 4.35. The van der Waals surface area contributed by atoms with Gasteiger partial charge in [0.15, 0.2) is 29.3 Å². The second-order valence-corrected chi connectivity index (χ2v) is 9.23. The smallest absolute Gasteiger partial charge is 0.187 e. The van der Waals surface area contributed by atoms with Gasteiger partial charge in [0.05, 0.1) is 39.6 Å². The van der Waals surface area contributed by atoms with Gasteiger partial charge in [0, 0.05) is 13.0 Å². The van der Waals surface area contributed by atoms with Crippen molar-refractivity contribution < 1.29 is 59.1 Å². The lowest BCUT2D eigenvalue weighted by molar-refractivity contribution is -0.318. The van der Waals surface area contributed by atoms with Crippen molar-refractivity contribution in [3.05, 3.63) is 47.5 Å². The fourth-order valence-electron chi connectivity index (χ4n) is 4.98. The predicted octanol–water partition coefficient (Wildman–Crippen LogP) is 0.375. The van der Waals surface area contributed by atoms with E-state index in [1.165, 1.54) is 33.5 Å². The molecule has 2 fully saturated rings. The SMILES string of the molecule is COc1cc([C@@H](OC)[C@@H]2CO[C@@H](c3ccc(O)c(OC)c3)[C@@H]2O[C@@H]2O[C@H](CO)[C@@H](O)[C@H](O)[C@H]2O)ccc1O. The zero-order valence-corrected chi connectivity index (χ0v) is 21.2. The van der Waals surface area contributed by atoms with Crippen LogP contribution in [-0.2, 0) is 18.9 Å². The Labute approximate surface area is 219 Å². The Morgan fingerprint density at radius 3 is 2.18 bits per heavy atom. The maximum Gasteiger partial charge on any atom is 0.187 e. The van der Waals surface area contributed by atoms with E-state index in [4.69, 9.17) is 28.4 Å². The molecular formula is C26H34O12. The molecule has 0 aliphatic carbocycles. The average molecular weight is 539 g/mol. The molecule has 2 aliphatic rings. The van der Waals surface area contributed by atoms with E-state index in [9.17, 15) is 30.6 Å². The van der Waals surface area contributed by atoms with E-state index in [1.54, 1.807) is 24.3 Å². The molecule has 38 heavy (non-hydrogen) atoms. The zero-order chi connectivity index (χ0) is 27.6. The maximum atomic E-state index is 10.6. The van der Waals surface area contributed by atoms with Crippen LogP contribution in [0.25, 0.3) is 0 Å². The summed E-state index contributed by atoms with van der Waals surface area (Å²) in [4.78, 5) is 0. The molecule has 12 nitrogen and oxygen atoms in total. The maximum absolute atomic E-state index is 10.6. The highest BCUT2D eigenvalue weighted by Gasteiger charge is 2.50. The van der Waals surface area contributed by atoms with Crippen molar-refractivity contribution in [2.45, 2.75) is 49.0 Å². The summed E-state index contributed by atoms with van der Waals surface area (Å²) in [6, 6.07) is 9.47. The second kappa shape index (κ2) is 12.0. The minimum Gasteiger partial charge on any atom is -0.504 e.